The van der Waals surface area contributed by atoms with Gasteiger partial charge in [0.1, 0.15) is 5.82 Å². The Morgan fingerprint density at radius 2 is 1.97 bits per heavy atom. The van der Waals surface area contributed by atoms with Gasteiger partial charge in [-0.2, -0.15) is 0 Å². The van der Waals surface area contributed by atoms with Crippen LogP contribution in [0.3, 0.4) is 0 Å². The molecule has 1 saturated heterocycles. The molecular weight excluding hydrogens is 404 g/mol. The van der Waals surface area contributed by atoms with Crippen LogP contribution in [-0.4, -0.2) is 54.4 Å². The van der Waals surface area contributed by atoms with E-state index in [1.807, 2.05) is 15.7 Å². The largest absolute Gasteiger partial charge is 0.337 e. The highest BCUT2D eigenvalue weighted by Gasteiger charge is 2.32. The third kappa shape index (κ3) is 4.51. The minimum absolute atomic E-state index is 0.00541. The second-order valence-electron chi connectivity index (χ2n) is 9.54. The third-order valence-corrected chi connectivity index (χ3v) is 7.47. The highest BCUT2D eigenvalue weighted by molar-refractivity contribution is 5.76. The molecule has 4 heterocycles. The second kappa shape index (κ2) is 9.57. The van der Waals surface area contributed by atoms with Crippen LogP contribution in [0.1, 0.15) is 80.9 Å². The number of imidazole rings is 1. The first kappa shape index (κ1) is 21.4. The van der Waals surface area contributed by atoms with Crippen molar-refractivity contribution in [3.63, 3.8) is 0 Å². The van der Waals surface area contributed by atoms with Crippen LogP contribution in [0.15, 0.2) is 23.5 Å². The van der Waals surface area contributed by atoms with Crippen LogP contribution in [0.2, 0.25) is 0 Å². The van der Waals surface area contributed by atoms with Crippen molar-refractivity contribution in [3.05, 3.63) is 46.2 Å². The van der Waals surface area contributed by atoms with E-state index in [1.54, 1.807) is 12.5 Å². The number of amides is 1. The van der Waals surface area contributed by atoms with Crippen LogP contribution in [0.5, 0.6) is 0 Å². The van der Waals surface area contributed by atoms with Gasteiger partial charge in [0.25, 0.3) is 5.56 Å². The maximum atomic E-state index is 13.1. The maximum Gasteiger partial charge on any atom is 0.254 e. The molecule has 1 amide bonds. The number of hydrogen-bond acceptors (Lipinski definition) is 5. The van der Waals surface area contributed by atoms with Gasteiger partial charge in [0.05, 0.1) is 18.1 Å². The van der Waals surface area contributed by atoms with Crippen LogP contribution in [0, 0.1) is 0 Å². The van der Waals surface area contributed by atoms with Gasteiger partial charge >= 0.3 is 0 Å². The lowest BCUT2D eigenvalue weighted by Gasteiger charge is -2.36. The molecule has 3 aliphatic rings. The predicted octanol–water partition coefficient (Wildman–Crippen LogP) is 2.80. The van der Waals surface area contributed by atoms with Crippen LogP contribution in [0.4, 0.5) is 0 Å². The summed E-state index contributed by atoms with van der Waals surface area (Å²) >= 11 is 0. The summed E-state index contributed by atoms with van der Waals surface area (Å²) in [5.74, 6) is 0.840. The molecule has 2 aromatic rings. The zero-order valence-electron chi connectivity index (χ0n) is 18.8. The second-order valence-corrected chi connectivity index (χ2v) is 9.54. The minimum Gasteiger partial charge on any atom is -0.337 e. The number of carbonyl (C=O) groups excluding carboxylic acids is 1. The monoisotopic (exact) mass is 438 g/mol. The van der Waals surface area contributed by atoms with Gasteiger partial charge in [-0.1, -0.05) is 12.8 Å². The molecule has 1 unspecified atom stereocenters. The van der Waals surface area contributed by atoms with Crippen molar-refractivity contribution in [1.29, 1.82) is 0 Å². The first-order valence-electron chi connectivity index (χ1n) is 12.3. The number of nitrogens with one attached hydrogen (secondary N) is 1. The van der Waals surface area contributed by atoms with Crippen molar-refractivity contribution in [2.45, 2.75) is 89.4 Å². The first-order valence-corrected chi connectivity index (χ1v) is 12.3. The highest BCUT2D eigenvalue weighted by Crippen LogP contribution is 2.31. The summed E-state index contributed by atoms with van der Waals surface area (Å²) < 4.78 is 2.00. The number of aryl methyl sites for hydroxylation is 1. The van der Waals surface area contributed by atoms with Crippen molar-refractivity contribution in [2.75, 3.05) is 13.1 Å². The normalized spacial score (nSPS) is 22.2. The molecule has 32 heavy (non-hydrogen) atoms. The molecule has 172 valence electrons. The molecule has 2 fully saturated rings. The number of fused-ring (bicyclic) bond motifs is 1. The van der Waals surface area contributed by atoms with Gasteiger partial charge in [-0.25, -0.2) is 9.97 Å². The summed E-state index contributed by atoms with van der Waals surface area (Å²) in [5, 5.41) is 0. The number of hydrogen-bond donors (Lipinski definition) is 1. The van der Waals surface area contributed by atoms with Gasteiger partial charge in [-0.05, 0) is 44.9 Å². The Balaban J connectivity index is 1.30. The van der Waals surface area contributed by atoms with Gasteiger partial charge in [0, 0.05) is 56.6 Å². The first-order chi connectivity index (χ1) is 15.7. The van der Waals surface area contributed by atoms with E-state index in [4.69, 9.17) is 4.98 Å². The molecule has 0 spiro atoms. The van der Waals surface area contributed by atoms with Gasteiger partial charge in [0.2, 0.25) is 5.91 Å². The number of nitrogens with zero attached hydrogens (tertiary/aromatic N) is 5. The predicted molar refractivity (Wildman–Crippen MR) is 121 cm³/mol. The van der Waals surface area contributed by atoms with Gasteiger partial charge in [0.15, 0.2) is 0 Å². The Morgan fingerprint density at radius 3 is 2.78 bits per heavy atom. The van der Waals surface area contributed by atoms with Crippen LogP contribution in [0.25, 0.3) is 0 Å². The molecule has 8 nitrogen and oxygen atoms in total. The van der Waals surface area contributed by atoms with E-state index in [1.165, 1.54) is 25.7 Å². The van der Waals surface area contributed by atoms with Gasteiger partial charge in [-0.3, -0.25) is 14.5 Å². The molecule has 1 N–H and O–H groups in total. The van der Waals surface area contributed by atoms with Crippen molar-refractivity contribution in [2.24, 2.45) is 0 Å². The average molecular weight is 439 g/mol. The molecule has 0 bridgehead atoms. The summed E-state index contributed by atoms with van der Waals surface area (Å²) in [6.07, 6.45) is 15.6. The highest BCUT2D eigenvalue weighted by atomic mass is 16.2. The molecule has 8 heteroatoms. The van der Waals surface area contributed by atoms with Crippen LogP contribution < -0.4 is 5.56 Å². The van der Waals surface area contributed by atoms with Crippen molar-refractivity contribution in [3.8, 4) is 0 Å². The topological polar surface area (TPSA) is 87.1 Å². The van der Waals surface area contributed by atoms with E-state index in [9.17, 15) is 9.59 Å². The van der Waals surface area contributed by atoms with Crippen molar-refractivity contribution >= 4 is 5.91 Å². The molecule has 1 saturated carbocycles. The molecule has 0 aromatic carbocycles. The minimum atomic E-state index is -0.121. The molecule has 2 aromatic heterocycles. The fourth-order valence-electron chi connectivity index (χ4n) is 5.71. The SMILES string of the molecule is O=C(CCCn1ccnc1)N1CCCCC1c1nc2c(c(=O)[nH]1)CCN(C1CCCC1)C2. The Kier molecular flexibility index (Phi) is 6.39. The number of rotatable bonds is 6. The molecular formula is C24H34N6O2. The molecule has 5 rings (SSSR count). The summed E-state index contributed by atoms with van der Waals surface area (Å²) in [6, 6.07) is 0.514. The standard InChI is InChI=1S/C24H34N6O2/c31-22(9-5-12-28-15-11-25-17-28)30-13-4-3-8-21(30)23-26-20-16-29(18-6-1-2-7-18)14-10-19(20)24(32)27-23/h11,15,17-18,21H,1-10,12-14,16H2,(H,26,27,32). The summed E-state index contributed by atoms with van der Waals surface area (Å²) in [7, 11) is 0. The Morgan fingerprint density at radius 1 is 1.12 bits per heavy atom. The number of likely N-dealkylation sites (tertiary alicyclic amines) is 1. The fraction of sp³-hybridized carbons (Fsp3) is 0.667. The quantitative estimate of drug-likeness (QED) is 0.749. The van der Waals surface area contributed by atoms with E-state index < -0.39 is 0 Å². The van der Waals surface area contributed by atoms with Gasteiger partial charge < -0.3 is 14.5 Å². The summed E-state index contributed by atoms with van der Waals surface area (Å²) in [6.45, 7) is 3.24. The molecule has 1 atom stereocenters. The average Bonchev–Trinajstić information content (AvgIpc) is 3.53. The molecule has 2 aliphatic heterocycles. The third-order valence-electron chi connectivity index (χ3n) is 7.47. The van der Waals surface area contributed by atoms with Crippen LogP contribution in [-0.2, 0) is 24.3 Å². The van der Waals surface area contributed by atoms with Crippen molar-refractivity contribution in [1.82, 2.24) is 29.3 Å². The number of carbonyl (C=O) groups is 1. The lowest BCUT2D eigenvalue weighted by atomic mass is 9.99. The lowest BCUT2D eigenvalue weighted by Crippen LogP contribution is -2.43. The Bertz CT molecular complexity index is 979. The Labute approximate surface area is 189 Å². The number of aromatic nitrogens is 4. The smallest absolute Gasteiger partial charge is 0.254 e. The zero-order chi connectivity index (χ0) is 21.9. The number of H-pyrrole nitrogens is 1. The van der Waals surface area contributed by atoms with Crippen molar-refractivity contribution < 1.29 is 4.79 Å². The van der Waals surface area contributed by atoms with Crippen LogP contribution >= 0.6 is 0 Å². The van der Waals surface area contributed by atoms with E-state index >= 15 is 0 Å². The maximum absolute atomic E-state index is 13.1. The Hall–Kier alpha value is -2.48. The van der Waals surface area contributed by atoms with E-state index in [0.29, 0.717) is 18.3 Å². The summed E-state index contributed by atoms with van der Waals surface area (Å²) in [4.78, 5) is 42.6. The van der Waals surface area contributed by atoms with E-state index in [-0.39, 0.29) is 17.5 Å². The van der Waals surface area contributed by atoms with E-state index in [2.05, 4.69) is 14.9 Å². The number of piperidine rings is 1. The number of aromatic amines is 1. The molecule has 1 aliphatic carbocycles. The zero-order valence-corrected chi connectivity index (χ0v) is 18.8. The van der Waals surface area contributed by atoms with E-state index in [0.717, 1.165) is 69.5 Å². The fourth-order valence-corrected chi connectivity index (χ4v) is 5.71. The van der Waals surface area contributed by atoms with Gasteiger partial charge in [-0.15, -0.1) is 0 Å². The molecule has 0 radical (unpaired) electrons. The summed E-state index contributed by atoms with van der Waals surface area (Å²) in [5.41, 5.74) is 1.77. The lowest BCUT2D eigenvalue weighted by molar-refractivity contribution is -0.135.